The summed E-state index contributed by atoms with van der Waals surface area (Å²) in [5.74, 6) is 0.0235. The Balaban J connectivity index is 0.000000914. The minimum absolute atomic E-state index is 0.0758. The lowest BCUT2D eigenvalue weighted by molar-refractivity contribution is -0.143. The van der Waals surface area contributed by atoms with E-state index in [0.717, 1.165) is 140 Å². The van der Waals surface area contributed by atoms with Gasteiger partial charge in [0.25, 0.3) is 5.24 Å². The summed E-state index contributed by atoms with van der Waals surface area (Å²) >= 11 is 1.40. The lowest BCUT2D eigenvalue weighted by Crippen LogP contribution is -2.31. The maximum Gasteiger partial charge on any atom is 0.338 e. The van der Waals surface area contributed by atoms with E-state index in [1.165, 1.54) is 133 Å². The third-order valence-electron chi connectivity index (χ3n) is 15.5. The summed E-state index contributed by atoms with van der Waals surface area (Å²) in [6.45, 7) is 14.6. The van der Waals surface area contributed by atoms with Crippen molar-refractivity contribution in [1.82, 2.24) is 15.1 Å². The normalized spacial score (nSPS) is 11.5. The molecule has 510 valence electrons. The molecule has 0 spiro atoms. The number of unbranched alkanes of at least 4 members (excludes halogenated alkanes) is 24. The Kier molecular flexibility index (Phi) is 57.9. The van der Waals surface area contributed by atoms with E-state index in [2.05, 4.69) is 62.2 Å². The van der Waals surface area contributed by atoms with E-state index in [1.54, 1.807) is 0 Å². The molecule has 0 aliphatic heterocycles. The molecule has 0 atom stereocenters. The standard InChI is InChI=1S/C41H68N2O5S.C36H59NO4/c1-5-7-9-11-13-18-22-34-47-39(44)26-20-16-15-17-21-31-43(41(46)49-36-33-42(3)4)32-24-25-37-27-29-38(30-28-37)40(45)48-35-23-19-14-12-10-8-6-2;1-3-5-7-9-11-16-20-31-40-35(38)24-18-14-13-15-19-29-37-30-22-23-33-25-27-34(28-26-33)36(39)41-32-21-17-12-10-8-6-4-2/h18-19,22-23,27-30H,5-17,20-21,24-26,31-36H2,1-4H3;16-17,20-21,25-28,37H,3-15,18-19,22-24,29-32H2,1-2H3/b22-18-,23-19-;20-16-,21-17-. The van der Waals surface area contributed by atoms with Gasteiger partial charge in [-0.1, -0.05) is 228 Å². The maximum atomic E-state index is 13.1. The van der Waals surface area contributed by atoms with Crippen molar-refractivity contribution < 1.29 is 42.9 Å². The van der Waals surface area contributed by atoms with Crippen LogP contribution in [0.3, 0.4) is 0 Å². The van der Waals surface area contributed by atoms with E-state index < -0.39 is 0 Å². The van der Waals surface area contributed by atoms with Crippen molar-refractivity contribution in [2.45, 2.75) is 259 Å². The van der Waals surface area contributed by atoms with Gasteiger partial charge < -0.3 is 34.1 Å². The van der Waals surface area contributed by atoms with E-state index >= 15 is 0 Å². The number of ether oxygens (including phenoxy) is 4. The number of aryl methyl sites for hydroxylation is 2. The zero-order valence-electron chi connectivity index (χ0n) is 57.7. The summed E-state index contributed by atoms with van der Waals surface area (Å²) < 4.78 is 21.3. The molecule has 1 amide bonds. The van der Waals surface area contributed by atoms with Crippen LogP contribution in [-0.2, 0) is 41.4 Å². The molecule has 0 radical (unpaired) electrons. The number of nitrogens with one attached hydrogen (secondary N) is 1. The highest BCUT2D eigenvalue weighted by Gasteiger charge is 2.15. The van der Waals surface area contributed by atoms with Gasteiger partial charge in [-0.15, -0.1) is 0 Å². The van der Waals surface area contributed by atoms with Crippen molar-refractivity contribution in [3.05, 3.63) is 119 Å². The first-order chi connectivity index (χ1) is 44.0. The predicted molar refractivity (Wildman–Crippen MR) is 380 cm³/mol. The summed E-state index contributed by atoms with van der Waals surface area (Å²) in [4.78, 5) is 65.6. The van der Waals surface area contributed by atoms with Crippen LogP contribution in [0.4, 0.5) is 4.79 Å². The molecule has 0 saturated carbocycles. The van der Waals surface area contributed by atoms with Crippen LogP contribution < -0.4 is 5.32 Å². The number of thioether (sulfide) groups is 1. The molecule has 0 saturated heterocycles. The van der Waals surface area contributed by atoms with Crippen LogP contribution in [0.5, 0.6) is 0 Å². The Morgan fingerprint density at radius 2 is 0.744 bits per heavy atom. The predicted octanol–water partition coefficient (Wildman–Crippen LogP) is 19.7. The molecule has 90 heavy (non-hydrogen) atoms. The fourth-order valence-electron chi connectivity index (χ4n) is 9.82. The van der Waals surface area contributed by atoms with Crippen molar-refractivity contribution in [1.29, 1.82) is 0 Å². The van der Waals surface area contributed by atoms with E-state index in [4.69, 9.17) is 18.9 Å². The van der Waals surface area contributed by atoms with Crippen molar-refractivity contribution in [2.24, 2.45) is 0 Å². The number of carbonyl (C=O) groups is 5. The van der Waals surface area contributed by atoms with Crippen molar-refractivity contribution >= 4 is 40.9 Å². The molecule has 0 aliphatic carbocycles. The molecule has 2 rings (SSSR count). The van der Waals surface area contributed by atoms with Crippen LogP contribution in [-0.4, -0.2) is 118 Å². The molecule has 0 heterocycles. The van der Waals surface area contributed by atoms with Crippen molar-refractivity contribution in [3.63, 3.8) is 0 Å². The summed E-state index contributed by atoms with van der Waals surface area (Å²) in [7, 11) is 4.04. The number of allylic oxidation sites excluding steroid dienone is 4. The second kappa shape index (κ2) is 62.8. The first-order valence-electron chi connectivity index (χ1n) is 35.7. The molecular weight excluding hydrogens is 1140 g/mol. The van der Waals surface area contributed by atoms with Gasteiger partial charge in [0.2, 0.25) is 0 Å². The van der Waals surface area contributed by atoms with E-state index in [1.807, 2.05) is 91.8 Å². The molecule has 0 aromatic heterocycles. The fourth-order valence-corrected chi connectivity index (χ4v) is 10.8. The first-order valence-corrected chi connectivity index (χ1v) is 36.7. The number of carbonyl (C=O) groups excluding carboxylic acids is 5. The molecule has 0 aliphatic rings. The van der Waals surface area contributed by atoms with E-state index in [-0.39, 0.29) is 29.1 Å². The van der Waals surface area contributed by atoms with Gasteiger partial charge in [-0.25, -0.2) is 9.59 Å². The van der Waals surface area contributed by atoms with Gasteiger partial charge in [0.15, 0.2) is 0 Å². The number of nitrogens with zero attached hydrogens (tertiary/aromatic N) is 2. The average molecular weight is 1270 g/mol. The van der Waals surface area contributed by atoms with Crippen LogP contribution in [0, 0.1) is 0 Å². The third kappa shape index (κ3) is 52.6. The maximum absolute atomic E-state index is 13.1. The summed E-state index contributed by atoms with van der Waals surface area (Å²) in [6, 6.07) is 15.4. The van der Waals surface area contributed by atoms with Crippen LogP contribution in [0.2, 0.25) is 0 Å². The van der Waals surface area contributed by atoms with Crippen LogP contribution in [0.25, 0.3) is 0 Å². The summed E-state index contributed by atoms with van der Waals surface area (Å²) in [6.07, 6.45) is 55.6. The third-order valence-corrected chi connectivity index (χ3v) is 16.4. The molecule has 12 nitrogen and oxygen atoms in total. The molecule has 0 bridgehead atoms. The number of hydrogen-bond acceptors (Lipinski definition) is 12. The molecular formula is C77H127N3O9S. The summed E-state index contributed by atoms with van der Waals surface area (Å²) in [5, 5.41) is 3.67. The lowest BCUT2D eigenvalue weighted by Gasteiger charge is -2.23. The number of hydrogen-bond donors (Lipinski definition) is 1. The highest BCUT2D eigenvalue weighted by molar-refractivity contribution is 8.13. The zero-order valence-corrected chi connectivity index (χ0v) is 58.6. The van der Waals surface area contributed by atoms with Crippen LogP contribution >= 0.6 is 11.8 Å². The largest absolute Gasteiger partial charge is 0.461 e. The first kappa shape index (κ1) is 83.0. The van der Waals surface area contributed by atoms with Crippen molar-refractivity contribution in [2.75, 3.05) is 79.0 Å². The Hall–Kier alpha value is -4.98. The Morgan fingerprint density at radius 1 is 0.389 bits per heavy atom. The number of amides is 1. The van der Waals surface area contributed by atoms with E-state index in [0.29, 0.717) is 56.9 Å². The van der Waals surface area contributed by atoms with Gasteiger partial charge in [-0.2, -0.15) is 0 Å². The molecule has 2 aromatic carbocycles. The van der Waals surface area contributed by atoms with Crippen LogP contribution in [0.1, 0.15) is 278 Å². The molecule has 0 unspecified atom stereocenters. The Morgan fingerprint density at radius 3 is 1.17 bits per heavy atom. The quantitative estimate of drug-likeness (QED) is 0.0292. The van der Waals surface area contributed by atoms with E-state index in [9.17, 15) is 24.0 Å². The topological polar surface area (TPSA) is 141 Å². The Labute approximate surface area is 553 Å². The highest BCUT2D eigenvalue weighted by Crippen LogP contribution is 2.17. The second-order valence-corrected chi connectivity index (χ2v) is 25.2. The molecule has 13 heteroatoms. The van der Waals surface area contributed by atoms with Crippen molar-refractivity contribution in [3.8, 4) is 0 Å². The fraction of sp³-hybridized carbons (Fsp3) is 0.675. The summed E-state index contributed by atoms with van der Waals surface area (Å²) in [5.41, 5.74) is 3.56. The molecule has 2 aromatic rings. The molecule has 1 N–H and O–H groups in total. The van der Waals surface area contributed by atoms with Gasteiger partial charge in [-0.05, 0) is 165 Å². The number of esters is 4. The monoisotopic (exact) mass is 1270 g/mol. The number of benzene rings is 2. The Bertz CT molecular complexity index is 2160. The average Bonchev–Trinajstić information content (AvgIpc) is 2.42. The van der Waals surface area contributed by atoms with Crippen LogP contribution in [0.15, 0.2) is 97.1 Å². The smallest absolute Gasteiger partial charge is 0.338 e. The SMILES string of the molecule is CCCCCC/C=C\COC(=O)CCCCCCCN(CCCc1ccc(C(=O)OC/C=C\CCCCCC)cc1)C(=O)SCCN(C)C.CCCCCC/C=C\COC(=O)CCCCCCCNCCCc1ccc(C(=O)OC/C=C\CCCCCC)cc1. The minimum atomic E-state index is -0.301. The molecule has 0 fully saturated rings. The van der Waals surface area contributed by atoms with Gasteiger partial charge in [-0.3, -0.25) is 14.4 Å². The lowest BCUT2D eigenvalue weighted by atomic mass is 10.1. The highest BCUT2D eigenvalue weighted by atomic mass is 32.2. The van der Waals surface area contributed by atoms with Gasteiger partial charge in [0.05, 0.1) is 11.1 Å². The number of rotatable bonds is 57. The van der Waals surface area contributed by atoms with Gasteiger partial charge in [0, 0.05) is 38.2 Å². The minimum Gasteiger partial charge on any atom is -0.461 e. The zero-order chi connectivity index (χ0) is 65.4. The second-order valence-electron chi connectivity index (χ2n) is 24.1. The van der Waals surface area contributed by atoms with Gasteiger partial charge in [0.1, 0.15) is 26.4 Å². The van der Waals surface area contributed by atoms with Gasteiger partial charge >= 0.3 is 23.9 Å².